The third-order valence-corrected chi connectivity index (χ3v) is 1.92. The first kappa shape index (κ1) is 9.68. The van der Waals surface area contributed by atoms with Gasteiger partial charge in [-0.3, -0.25) is 9.69 Å². The molecule has 0 aromatic heterocycles. The molecule has 1 heterocycles. The van der Waals surface area contributed by atoms with Gasteiger partial charge >= 0.3 is 0 Å². The molecule has 0 aliphatic carbocycles. The summed E-state index contributed by atoms with van der Waals surface area (Å²) in [5, 5.41) is 3.31. The predicted molar refractivity (Wildman–Crippen MR) is 49.2 cm³/mol. The number of nitrogens with one attached hydrogen (secondary N) is 1. The first-order valence-electron chi connectivity index (χ1n) is 4.37. The number of hydrogen-bond donors (Lipinski definition) is 1. The van der Waals surface area contributed by atoms with Crippen LogP contribution in [0.5, 0.6) is 0 Å². The monoisotopic (exact) mass is 170 g/mol. The van der Waals surface area contributed by atoms with Crippen molar-refractivity contribution in [2.45, 2.75) is 32.4 Å². The summed E-state index contributed by atoms with van der Waals surface area (Å²) >= 11 is 0. The third-order valence-electron chi connectivity index (χ3n) is 1.92. The molecule has 0 radical (unpaired) electrons. The van der Waals surface area contributed by atoms with Crippen LogP contribution < -0.4 is 5.32 Å². The van der Waals surface area contributed by atoms with Crippen LogP contribution in [0, 0.1) is 0 Å². The van der Waals surface area contributed by atoms with Gasteiger partial charge in [0.05, 0.1) is 12.6 Å². The van der Waals surface area contributed by atoms with Crippen LogP contribution in [0.1, 0.15) is 20.8 Å². The average Bonchev–Trinajstić information content (AvgIpc) is 2.06. The van der Waals surface area contributed by atoms with Crippen LogP contribution in [-0.4, -0.2) is 42.4 Å². The van der Waals surface area contributed by atoms with E-state index in [1.165, 1.54) is 0 Å². The highest BCUT2D eigenvalue weighted by atomic mass is 16.1. The molecule has 0 spiro atoms. The van der Waals surface area contributed by atoms with E-state index in [0.29, 0.717) is 12.3 Å². The molecular weight excluding hydrogens is 152 g/mol. The second-order valence-electron chi connectivity index (χ2n) is 4.61. The highest BCUT2D eigenvalue weighted by Gasteiger charge is 2.30. The molecule has 1 saturated heterocycles. The van der Waals surface area contributed by atoms with Crippen molar-refractivity contribution in [2.75, 3.05) is 20.1 Å². The fourth-order valence-electron chi connectivity index (χ4n) is 1.50. The van der Waals surface area contributed by atoms with Crippen molar-refractivity contribution >= 4 is 5.78 Å². The highest BCUT2D eigenvalue weighted by molar-refractivity contribution is 5.88. The number of hydrogen-bond acceptors (Lipinski definition) is 3. The second-order valence-corrected chi connectivity index (χ2v) is 4.61. The summed E-state index contributed by atoms with van der Waals surface area (Å²) < 4.78 is 0. The molecule has 1 N–H and O–H groups in total. The fourth-order valence-corrected chi connectivity index (χ4v) is 1.50. The predicted octanol–water partition coefficient (Wildman–Crippen LogP) is 0.258. The Bertz CT molecular complexity index is 183. The number of rotatable bonds is 1. The van der Waals surface area contributed by atoms with E-state index < -0.39 is 0 Å². The van der Waals surface area contributed by atoms with Crippen molar-refractivity contribution in [1.29, 1.82) is 0 Å². The van der Waals surface area contributed by atoms with Crippen molar-refractivity contribution in [2.24, 2.45) is 0 Å². The normalized spacial score (nSPS) is 26.7. The average molecular weight is 170 g/mol. The second kappa shape index (κ2) is 3.15. The van der Waals surface area contributed by atoms with E-state index >= 15 is 0 Å². The molecule has 70 valence electrons. The van der Waals surface area contributed by atoms with Gasteiger partial charge in [0.2, 0.25) is 0 Å². The van der Waals surface area contributed by atoms with Gasteiger partial charge in [0.25, 0.3) is 0 Å². The van der Waals surface area contributed by atoms with Crippen LogP contribution in [0.2, 0.25) is 0 Å². The van der Waals surface area contributed by atoms with E-state index in [-0.39, 0.29) is 11.6 Å². The first-order chi connectivity index (χ1) is 5.38. The summed E-state index contributed by atoms with van der Waals surface area (Å²) in [4.78, 5) is 13.4. The van der Waals surface area contributed by atoms with E-state index in [4.69, 9.17) is 0 Å². The lowest BCUT2D eigenvalue weighted by atomic mass is 10.1. The summed E-state index contributed by atoms with van der Waals surface area (Å²) in [7, 11) is 1.97. The van der Waals surface area contributed by atoms with Gasteiger partial charge in [-0.25, -0.2) is 0 Å². The number of likely N-dealkylation sites (tertiary alicyclic amines) is 1. The van der Waals surface area contributed by atoms with Gasteiger partial charge in [-0.1, -0.05) is 0 Å². The van der Waals surface area contributed by atoms with Gasteiger partial charge in [0.15, 0.2) is 5.78 Å². The Hall–Kier alpha value is -0.410. The highest BCUT2D eigenvalue weighted by Crippen LogP contribution is 2.08. The minimum absolute atomic E-state index is 0.0332. The molecule has 0 amide bonds. The first-order valence-corrected chi connectivity index (χ1v) is 4.37. The molecule has 0 aromatic carbocycles. The SMILES string of the molecule is CN1CC(=O)[C@@H](NC(C)(C)C)C1. The van der Waals surface area contributed by atoms with Gasteiger partial charge in [0, 0.05) is 12.1 Å². The van der Waals surface area contributed by atoms with Crippen LogP contribution in [0.15, 0.2) is 0 Å². The van der Waals surface area contributed by atoms with Crippen molar-refractivity contribution in [3.05, 3.63) is 0 Å². The standard InChI is InChI=1S/C9H18N2O/c1-9(2,3)10-7-5-11(4)6-8(7)12/h7,10H,5-6H2,1-4H3/t7-/m0/s1. The number of carbonyl (C=O) groups is 1. The van der Waals surface area contributed by atoms with E-state index in [0.717, 1.165) is 6.54 Å². The van der Waals surface area contributed by atoms with Crippen LogP contribution in [-0.2, 0) is 4.79 Å². The van der Waals surface area contributed by atoms with Crippen molar-refractivity contribution < 1.29 is 4.79 Å². The summed E-state index contributed by atoms with van der Waals surface area (Å²) in [5.74, 6) is 0.312. The summed E-state index contributed by atoms with van der Waals surface area (Å²) in [5.41, 5.74) is 0.0332. The Kier molecular flexibility index (Phi) is 2.54. The Morgan fingerprint density at radius 1 is 1.50 bits per heavy atom. The molecular formula is C9H18N2O. The molecule has 1 aliphatic rings. The molecule has 1 rings (SSSR count). The maximum absolute atomic E-state index is 11.4. The Balaban J connectivity index is 2.49. The summed E-state index contributed by atoms with van der Waals surface area (Å²) in [6.45, 7) is 7.68. The number of carbonyl (C=O) groups excluding carboxylic acids is 1. The largest absolute Gasteiger partial charge is 0.302 e. The zero-order valence-corrected chi connectivity index (χ0v) is 8.35. The maximum Gasteiger partial charge on any atom is 0.164 e. The Labute approximate surface area is 74.1 Å². The molecule has 1 atom stereocenters. The van der Waals surface area contributed by atoms with Crippen LogP contribution >= 0.6 is 0 Å². The number of ketones is 1. The van der Waals surface area contributed by atoms with Crippen LogP contribution in [0.3, 0.4) is 0 Å². The smallest absolute Gasteiger partial charge is 0.164 e. The minimum atomic E-state index is 0.0332. The third kappa shape index (κ3) is 2.57. The van der Waals surface area contributed by atoms with E-state index in [9.17, 15) is 4.79 Å². The lowest BCUT2D eigenvalue weighted by Crippen LogP contribution is -2.47. The molecule has 0 bridgehead atoms. The Morgan fingerprint density at radius 2 is 2.08 bits per heavy atom. The van der Waals surface area contributed by atoms with E-state index in [1.54, 1.807) is 0 Å². The lowest BCUT2D eigenvalue weighted by molar-refractivity contribution is -0.118. The zero-order valence-electron chi connectivity index (χ0n) is 8.35. The maximum atomic E-state index is 11.4. The van der Waals surface area contributed by atoms with Gasteiger partial charge in [-0.2, -0.15) is 0 Å². The van der Waals surface area contributed by atoms with Crippen molar-refractivity contribution in [3.8, 4) is 0 Å². The number of Topliss-reactive ketones (excluding diaryl/α,β-unsaturated/α-hetero) is 1. The van der Waals surface area contributed by atoms with E-state index in [1.807, 2.05) is 11.9 Å². The fraction of sp³-hybridized carbons (Fsp3) is 0.889. The number of nitrogens with zero attached hydrogens (tertiary/aromatic N) is 1. The van der Waals surface area contributed by atoms with Crippen molar-refractivity contribution in [3.63, 3.8) is 0 Å². The minimum Gasteiger partial charge on any atom is -0.302 e. The summed E-state index contributed by atoms with van der Waals surface area (Å²) in [6.07, 6.45) is 0. The molecule has 3 heteroatoms. The molecule has 0 aromatic rings. The van der Waals surface area contributed by atoms with Gasteiger partial charge in [-0.05, 0) is 27.8 Å². The lowest BCUT2D eigenvalue weighted by Gasteiger charge is -2.24. The topological polar surface area (TPSA) is 32.3 Å². The Morgan fingerprint density at radius 3 is 2.42 bits per heavy atom. The van der Waals surface area contributed by atoms with Crippen LogP contribution in [0.4, 0.5) is 0 Å². The van der Waals surface area contributed by atoms with Gasteiger partial charge in [-0.15, -0.1) is 0 Å². The quantitative estimate of drug-likeness (QED) is 0.612. The molecule has 0 unspecified atom stereocenters. The molecule has 0 saturated carbocycles. The molecule has 12 heavy (non-hydrogen) atoms. The summed E-state index contributed by atoms with van der Waals surface area (Å²) in [6, 6.07) is 0.0370. The number of likely N-dealkylation sites (N-methyl/N-ethyl adjacent to an activating group) is 1. The molecule has 1 aliphatic heterocycles. The molecule has 1 fully saturated rings. The van der Waals surface area contributed by atoms with Crippen LogP contribution in [0.25, 0.3) is 0 Å². The zero-order chi connectivity index (χ0) is 9.35. The van der Waals surface area contributed by atoms with Gasteiger partial charge < -0.3 is 5.32 Å². The molecule has 3 nitrogen and oxygen atoms in total. The van der Waals surface area contributed by atoms with E-state index in [2.05, 4.69) is 26.1 Å². The van der Waals surface area contributed by atoms with Crippen molar-refractivity contribution in [1.82, 2.24) is 10.2 Å². The van der Waals surface area contributed by atoms with Gasteiger partial charge in [0.1, 0.15) is 0 Å².